The van der Waals surface area contributed by atoms with Crippen LogP contribution in [0, 0.1) is 5.92 Å². The lowest BCUT2D eigenvalue weighted by Gasteiger charge is -2.33. The molecule has 6 nitrogen and oxygen atoms in total. The minimum Gasteiger partial charge on any atom is -0.394 e. The Morgan fingerprint density at radius 1 is 1.44 bits per heavy atom. The minimum atomic E-state index is -0.936. The van der Waals surface area contributed by atoms with Crippen LogP contribution in [0.5, 0.6) is 0 Å². The maximum atomic E-state index is 9.26. The molecule has 0 saturated heterocycles. The largest absolute Gasteiger partial charge is 0.394 e. The molecule has 2 atom stereocenters. The number of aliphatic hydroxyl groups is 2. The van der Waals surface area contributed by atoms with Crippen molar-refractivity contribution in [2.24, 2.45) is 11.7 Å². The zero-order valence-electron chi connectivity index (χ0n) is 11.4. The topological polar surface area (TPSA) is 97.2 Å². The third-order valence-electron chi connectivity index (χ3n) is 3.66. The Balaban J connectivity index is 2.66. The molecule has 1 aromatic rings. The van der Waals surface area contributed by atoms with Crippen molar-refractivity contribution in [2.75, 3.05) is 13.2 Å². The summed E-state index contributed by atoms with van der Waals surface area (Å²) in [5, 5.41) is 26.7. The number of aliphatic hydroxyl groups excluding tert-OH is 2. The summed E-state index contributed by atoms with van der Waals surface area (Å²) in [7, 11) is 0.795. The van der Waals surface area contributed by atoms with Crippen molar-refractivity contribution in [3.05, 3.63) is 11.9 Å². The van der Waals surface area contributed by atoms with Crippen molar-refractivity contribution in [1.82, 2.24) is 14.9 Å². The maximum Gasteiger partial charge on any atom is 0.265 e. The first-order valence-electron chi connectivity index (χ1n) is 6.37. The molecule has 0 bridgehead atoms. The molecule has 0 amide bonds. The molecule has 4 N–H and O–H groups in total. The van der Waals surface area contributed by atoms with Gasteiger partial charge in [0.15, 0.2) is 0 Å². The Morgan fingerprint density at radius 3 is 2.50 bits per heavy atom. The van der Waals surface area contributed by atoms with E-state index in [9.17, 15) is 10.2 Å². The smallest absolute Gasteiger partial charge is 0.265 e. The summed E-state index contributed by atoms with van der Waals surface area (Å²) in [6, 6.07) is 0. The first kappa shape index (κ1) is 15.1. The van der Waals surface area contributed by atoms with Crippen molar-refractivity contribution in [3.63, 3.8) is 0 Å². The molecule has 0 aliphatic rings. The van der Waals surface area contributed by atoms with Crippen LogP contribution >= 0.6 is 0 Å². The highest BCUT2D eigenvalue weighted by molar-refractivity contribution is 6.30. The van der Waals surface area contributed by atoms with Crippen molar-refractivity contribution in [2.45, 2.75) is 38.5 Å². The van der Waals surface area contributed by atoms with Gasteiger partial charge in [0, 0.05) is 12.1 Å². The first-order valence-corrected chi connectivity index (χ1v) is 6.37. The predicted molar refractivity (Wildman–Crippen MR) is 71.7 cm³/mol. The van der Waals surface area contributed by atoms with E-state index in [2.05, 4.69) is 17.2 Å². The van der Waals surface area contributed by atoms with Gasteiger partial charge in [-0.25, -0.2) is 0 Å². The van der Waals surface area contributed by atoms with Gasteiger partial charge in [0.2, 0.25) is 0 Å². The Morgan fingerprint density at radius 2 is 2.06 bits per heavy atom. The summed E-state index contributed by atoms with van der Waals surface area (Å²) in [5.74, 6) is 0.190. The van der Waals surface area contributed by atoms with E-state index in [4.69, 9.17) is 5.73 Å². The molecule has 0 aliphatic heterocycles. The fourth-order valence-electron chi connectivity index (χ4n) is 1.94. The molecule has 0 spiro atoms. The summed E-state index contributed by atoms with van der Waals surface area (Å²) in [6.07, 6.45) is 2.67. The molecule has 0 aliphatic carbocycles. The van der Waals surface area contributed by atoms with E-state index in [1.807, 2.05) is 19.9 Å². The van der Waals surface area contributed by atoms with E-state index in [1.165, 1.54) is 0 Å². The lowest BCUT2D eigenvalue weighted by atomic mass is 9.81. The van der Waals surface area contributed by atoms with Crippen LogP contribution in [0.15, 0.2) is 6.20 Å². The average Bonchev–Trinajstić information content (AvgIpc) is 2.86. The van der Waals surface area contributed by atoms with Crippen LogP contribution in [0.4, 0.5) is 0 Å². The Bertz CT molecular complexity index is 368. The molecule has 7 heteroatoms. The van der Waals surface area contributed by atoms with Gasteiger partial charge < -0.3 is 20.5 Å². The van der Waals surface area contributed by atoms with Crippen molar-refractivity contribution in [1.29, 1.82) is 0 Å². The molecule has 102 valence electrons. The number of nitrogens with zero attached hydrogens (tertiary/aromatic N) is 3. The molecule has 18 heavy (non-hydrogen) atoms. The molecule has 2 unspecified atom stereocenters. The van der Waals surface area contributed by atoms with E-state index in [0.29, 0.717) is 0 Å². The average molecular weight is 254 g/mol. The zero-order chi connectivity index (χ0) is 13.8. The fraction of sp³-hybridized carbons (Fsp3) is 0.818. The van der Waals surface area contributed by atoms with Crippen molar-refractivity contribution < 1.29 is 10.2 Å². The lowest BCUT2D eigenvalue weighted by molar-refractivity contribution is 0.0757. The molecule has 0 radical (unpaired) electrons. The highest BCUT2D eigenvalue weighted by atomic mass is 16.3. The SMILES string of the molecule is CBn1cc(C(C)CC(C)C(N)(CO)CO)nn1. The van der Waals surface area contributed by atoms with Crippen molar-refractivity contribution in [3.8, 4) is 0 Å². The van der Waals surface area contributed by atoms with Crippen LogP contribution in [0.3, 0.4) is 0 Å². The molecule has 1 heterocycles. The van der Waals surface area contributed by atoms with E-state index >= 15 is 0 Å². The monoisotopic (exact) mass is 254 g/mol. The quantitative estimate of drug-likeness (QED) is 0.561. The second kappa shape index (κ2) is 6.31. The number of aromatic nitrogens is 3. The lowest BCUT2D eigenvalue weighted by Crippen LogP contribution is -2.53. The van der Waals surface area contributed by atoms with Crippen molar-refractivity contribution >= 4 is 7.41 Å². The second-order valence-electron chi connectivity index (χ2n) is 5.09. The Kier molecular flexibility index (Phi) is 5.31. The molecule has 0 aromatic carbocycles. The molecule has 0 saturated carbocycles. The molecular formula is C11H23BN4O2. The fourth-order valence-corrected chi connectivity index (χ4v) is 1.94. The van der Waals surface area contributed by atoms with Gasteiger partial charge in [-0.1, -0.05) is 25.9 Å². The maximum absolute atomic E-state index is 9.26. The van der Waals surface area contributed by atoms with Crippen LogP contribution in [-0.2, 0) is 0 Å². The Labute approximate surface area is 108 Å². The van der Waals surface area contributed by atoms with Gasteiger partial charge in [-0.05, 0) is 12.3 Å². The minimum absolute atomic E-state index is 0.00530. The number of nitrogens with two attached hydrogens (primary N) is 1. The van der Waals surface area contributed by atoms with Crippen LogP contribution in [-0.4, -0.2) is 51.3 Å². The summed E-state index contributed by atoms with van der Waals surface area (Å²) < 4.78 is 1.78. The van der Waals surface area contributed by atoms with Gasteiger partial charge in [0.1, 0.15) is 0 Å². The van der Waals surface area contributed by atoms with Crippen LogP contribution < -0.4 is 5.73 Å². The zero-order valence-corrected chi connectivity index (χ0v) is 11.4. The normalized spacial score (nSPS) is 15.4. The Hall–Kier alpha value is -0.915. The number of rotatable bonds is 7. The predicted octanol–water partition coefficient (Wildman–Crippen LogP) is -0.662. The third kappa shape index (κ3) is 3.31. The van der Waals surface area contributed by atoms with Gasteiger partial charge in [0.05, 0.1) is 24.4 Å². The van der Waals surface area contributed by atoms with E-state index in [0.717, 1.165) is 19.5 Å². The van der Waals surface area contributed by atoms with Crippen LogP contribution in [0.1, 0.15) is 31.9 Å². The summed E-state index contributed by atoms with van der Waals surface area (Å²) in [4.78, 5) is 0. The van der Waals surface area contributed by atoms with Gasteiger partial charge >= 0.3 is 0 Å². The van der Waals surface area contributed by atoms with Gasteiger partial charge in [-0.2, -0.15) is 0 Å². The summed E-state index contributed by atoms with van der Waals surface area (Å²) in [5.41, 5.74) is 5.94. The highest BCUT2D eigenvalue weighted by Crippen LogP contribution is 2.27. The number of hydrogen-bond acceptors (Lipinski definition) is 5. The van der Waals surface area contributed by atoms with Gasteiger partial charge in [0.25, 0.3) is 7.41 Å². The van der Waals surface area contributed by atoms with Crippen LogP contribution in [0.2, 0.25) is 6.82 Å². The van der Waals surface area contributed by atoms with Gasteiger partial charge in [-0.3, -0.25) is 0 Å². The summed E-state index contributed by atoms with van der Waals surface area (Å²) in [6.45, 7) is 5.55. The second-order valence-corrected chi connectivity index (χ2v) is 5.09. The standard InChI is InChI=1S/C11H23BN4O2/c1-8(10-5-16(12-3)15-14-10)4-9(2)11(13,6-17)7-18/h5,8-9,12,17-18H,4,6-7,13H2,1-3H3. The van der Waals surface area contributed by atoms with E-state index in [-0.39, 0.29) is 25.0 Å². The first-order chi connectivity index (χ1) is 8.46. The molecular weight excluding hydrogens is 231 g/mol. The number of hydrogen-bond donors (Lipinski definition) is 3. The molecule has 0 fully saturated rings. The van der Waals surface area contributed by atoms with E-state index in [1.54, 1.807) is 4.59 Å². The third-order valence-corrected chi connectivity index (χ3v) is 3.66. The summed E-state index contributed by atoms with van der Waals surface area (Å²) >= 11 is 0. The molecule has 1 rings (SSSR count). The molecule has 1 aromatic heterocycles. The van der Waals surface area contributed by atoms with Gasteiger partial charge in [-0.15, -0.1) is 5.10 Å². The van der Waals surface area contributed by atoms with Crippen LogP contribution in [0.25, 0.3) is 0 Å². The van der Waals surface area contributed by atoms with E-state index < -0.39 is 5.54 Å². The highest BCUT2D eigenvalue weighted by Gasteiger charge is 2.32.